The number of aromatic nitrogens is 1. The predicted molar refractivity (Wildman–Crippen MR) is 141 cm³/mol. The van der Waals surface area contributed by atoms with Gasteiger partial charge in [0, 0.05) is 36.0 Å². The number of ketones is 1. The number of imide groups is 1. The summed E-state index contributed by atoms with van der Waals surface area (Å²) in [6.07, 6.45) is 4.27. The Hall–Kier alpha value is -4.11. The molecule has 3 aliphatic rings. The number of hydrogen-bond donors (Lipinski definition) is 1. The van der Waals surface area contributed by atoms with Crippen molar-refractivity contribution in [3.05, 3.63) is 88.0 Å². The highest BCUT2D eigenvalue weighted by molar-refractivity contribution is 6.21. The lowest BCUT2D eigenvalue weighted by Crippen LogP contribution is -2.40. The van der Waals surface area contributed by atoms with Crippen molar-refractivity contribution < 1.29 is 28.7 Å². The van der Waals surface area contributed by atoms with Gasteiger partial charge in [-0.3, -0.25) is 24.3 Å². The second-order valence-corrected chi connectivity index (χ2v) is 10.6. The first-order valence-corrected chi connectivity index (χ1v) is 13.1. The second kappa shape index (κ2) is 10.6. The van der Waals surface area contributed by atoms with Gasteiger partial charge < -0.3 is 14.8 Å². The lowest BCUT2D eigenvalue weighted by Gasteiger charge is -2.40. The molecule has 1 atom stereocenters. The molecule has 2 aromatic rings. The van der Waals surface area contributed by atoms with Gasteiger partial charge in [-0.15, -0.1) is 0 Å². The average molecular weight is 530 g/mol. The summed E-state index contributed by atoms with van der Waals surface area (Å²) >= 11 is 0. The van der Waals surface area contributed by atoms with Crippen molar-refractivity contribution in [2.45, 2.75) is 39.5 Å². The lowest BCUT2D eigenvalue weighted by molar-refractivity contribution is -0.139. The second-order valence-electron chi connectivity index (χ2n) is 10.6. The van der Waals surface area contributed by atoms with E-state index in [2.05, 4.69) is 10.3 Å². The van der Waals surface area contributed by atoms with Crippen molar-refractivity contribution in [3.8, 4) is 0 Å². The minimum Gasteiger partial charge on any atom is -0.463 e. The number of benzene rings is 1. The number of carbonyl (C=O) groups is 4. The number of esters is 1. The van der Waals surface area contributed by atoms with Crippen LogP contribution in [0.5, 0.6) is 0 Å². The Morgan fingerprint density at radius 1 is 1.05 bits per heavy atom. The van der Waals surface area contributed by atoms with Crippen LogP contribution in [0.3, 0.4) is 0 Å². The van der Waals surface area contributed by atoms with Crippen molar-refractivity contribution in [1.82, 2.24) is 15.2 Å². The van der Waals surface area contributed by atoms with Crippen molar-refractivity contribution in [2.75, 3.05) is 26.4 Å². The Labute approximate surface area is 226 Å². The minimum atomic E-state index is -0.623. The Balaban J connectivity index is 1.42. The number of pyridine rings is 1. The molecular formula is C30H31N3O6. The number of rotatable bonds is 8. The normalized spacial score (nSPS) is 20.1. The molecule has 0 saturated carbocycles. The van der Waals surface area contributed by atoms with E-state index >= 15 is 0 Å². The highest BCUT2D eigenvalue weighted by Gasteiger charge is 2.44. The summed E-state index contributed by atoms with van der Waals surface area (Å²) in [5.41, 5.74) is 3.44. The number of nitrogens with one attached hydrogen (secondary N) is 1. The van der Waals surface area contributed by atoms with Gasteiger partial charge in [0.2, 0.25) is 0 Å². The quantitative estimate of drug-likeness (QED) is 0.314. The van der Waals surface area contributed by atoms with Crippen LogP contribution in [0.2, 0.25) is 0 Å². The molecule has 1 aromatic carbocycles. The van der Waals surface area contributed by atoms with Gasteiger partial charge >= 0.3 is 5.97 Å². The van der Waals surface area contributed by atoms with Crippen LogP contribution < -0.4 is 5.32 Å². The summed E-state index contributed by atoms with van der Waals surface area (Å²) in [4.78, 5) is 57.4. The van der Waals surface area contributed by atoms with Gasteiger partial charge in [-0.25, -0.2) is 4.79 Å². The van der Waals surface area contributed by atoms with Crippen molar-refractivity contribution in [3.63, 3.8) is 0 Å². The topological polar surface area (TPSA) is 115 Å². The van der Waals surface area contributed by atoms with Crippen molar-refractivity contribution >= 4 is 23.6 Å². The smallest absolute Gasteiger partial charge is 0.336 e. The van der Waals surface area contributed by atoms with Gasteiger partial charge in [-0.05, 0) is 48.6 Å². The van der Waals surface area contributed by atoms with Crippen LogP contribution in [-0.2, 0) is 19.1 Å². The van der Waals surface area contributed by atoms with E-state index in [1.807, 2.05) is 13.8 Å². The standard InChI is InChI=1S/C30H31N3O6/c1-4-39-29(37)26-22(17-38-14-13-33-27(35)19-7-5-6-8-20(19)28(33)36)32-21-15-30(2,3)16-23(34)25(21)24(26)18-9-11-31-12-10-18/h5-12,24,32H,4,13-17H2,1-3H3. The molecule has 3 heterocycles. The summed E-state index contributed by atoms with van der Waals surface area (Å²) < 4.78 is 11.4. The summed E-state index contributed by atoms with van der Waals surface area (Å²) in [7, 11) is 0. The van der Waals surface area contributed by atoms with Crippen molar-refractivity contribution in [2.24, 2.45) is 5.41 Å². The number of ether oxygens (including phenoxy) is 2. The SMILES string of the molecule is CCOC(=O)C1=C(COCCN2C(=O)c3ccccc3C2=O)NC2=C(C(=O)CC(C)(C)C2)C1c1ccncc1. The maximum Gasteiger partial charge on any atom is 0.336 e. The van der Waals surface area contributed by atoms with Crippen molar-refractivity contribution in [1.29, 1.82) is 0 Å². The van der Waals surface area contributed by atoms with Crippen LogP contribution in [0.1, 0.15) is 65.8 Å². The molecule has 5 rings (SSSR count). The number of Topliss-reactive ketones (excluding diaryl/α,β-unsaturated/α-hetero) is 1. The number of allylic oxidation sites excluding steroid dienone is 2. The number of carbonyl (C=O) groups excluding carboxylic acids is 4. The minimum absolute atomic E-state index is 0.00427. The zero-order valence-electron chi connectivity index (χ0n) is 22.3. The zero-order chi connectivity index (χ0) is 27.7. The zero-order valence-corrected chi connectivity index (χ0v) is 22.3. The van der Waals surface area contributed by atoms with E-state index in [1.165, 1.54) is 4.90 Å². The predicted octanol–water partition coefficient (Wildman–Crippen LogP) is 3.54. The van der Waals surface area contributed by atoms with E-state index in [4.69, 9.17) is 9.47 Å². The molecule has 39 heavy (non-hydrogen) atoms. The Morgan fingerprint density at radius 2 is 1.72 bits per heavy atom. The van der Waals surface area contributed by atoms with E-state index in [1.54, 1.807) is 55.7 Å². The van der Waals surface area contributed by atoms with Crippen LogP contribution >= 0.6 is 0 Å². The van der Waals surface area contributed by atoms with E-state index in [0.29, 0.717) is 40.8 Å². The van der Waals surface area contributed by atoms with Crippen LogP contribution in [0.25, 0.3) is 0 Å². The van der Waals surface area contributed by atoms with Crippen LogP contribution in [0.4, 0.5) is 0 Å². The summed E-state index contributed by atoms with van der Waals surface area (Å²) in [5, 5.41) is 3.34. The molecule has 0 spiro atoms. The molecule has 0 saturated heterocycles. The molecule has 0 radical (unpaired) electrons. The fourth-order valence-electron chi connectivity index (χ4n) is 5.57. The van der Waals surface area contributed by atoms with Gasteiger partial charge in [0.05, 0.1) is 48.8 Å². The Morgan fingerprint density at radius 3 is 2.36 bits per heavy atom. The Kier molecular flexibility index (Phi) is 7.18. The van der Waals surface area contributed by atoms with E-state index in [0.717, 1.165) is 11.3 Å². The number of hydrogen-bond acceptors (Lipinski definition) is 8. The van der Waals surface area contributed by atoms with Gasteiger partial charge in [-0.2, -0.15) is 0 Å². The number of nitrogens with zero attached hydrogens (tertiary/aromatic N) is 2. The van der Waals surface area contributed by atoms with Gasteiger partial charge in [-0.1, -0.05) is 26.0 Å². The summed E-state index contributed by atoms with van der Waals surface area (Å²) in [6.45, 7) is 6.13. The molecule has 0 fully saturated rings. The number of amides is 2. The van der Waals surface area contributed by atoms with E-state index in [-0.39, 0.29) is 49.4 Å². The third kappa shape index (κ3) is 5.02. The molecule has 1 N–H and O–H groups in total. The first-order chi connectivity index (χ1) is 18.7. The summed E-state index contributed by atoms with van der Waals surface area (Å²) in [5.74, 6) is -1.87. The van der Waals surface area contributed by atoms with Gasteiger partial charge in [0.25, 0.3) is 11.8 Å². The molecule has 2 amide bonds. The first-order valence-electron chi connectivity index (χ1n) is 13.1. The number of dihydropyridines is 1. The monoisotopic (exact) mass is 529 g/mol. The highest BCUT2D eigenvalue weighted by atomic mass is 16.5. The number of fused-ring (bicyclic) bond motifs is 1. The molecule has 1 aliphatic carbocycles. The summed E-state index contributed by atoms with van der Waals surface area (Å²) in [6, 6.07) is 10.3. The third-order valence-corrected chi connectivity index (χ3v) is 7.24. The van der Waals surface area contributed by atoms with Gasteiger partial charge in [0.15, 0.2) is 5.78 Å². The van der Waals surface area contributed by atoms with Crippen LogP contribution in [-0.4, -0.2) is 59.8 Å². The fourth-order valence-corrected chi connectivity index (χ4v) is 5.57. The average Bonchev–Trinajstić information content (AvgIpc) is 3.15. The molecule has 0 bridgehead atoms. The maximum atomic E-state index is 13.4. The first kappa shape index (κ1) is 26.5. The highest BCUT2D eigenvalue weighted by Crippen LogP contribution is 2.46. The maximum absolute atomic E-state index is 13.4. The molecule has 9 nitrogen and oxygen atoms in total. The molecule has 1 unspecified atom stereocenters. The Bertz CT molecular complexity index is 1370. The largest absolute Gasteiger partial charge is 0.463 e. The third-order valence-electron chi connectivity index (χ3n) is 7.24. The molecule has 9 heteroatoms. The van der Waals surface area contributed by atoms with E-state index in [9.17, 15) is 19.2 Å². The van der Waals surface area contributed by atoms with Crippen LogP contribution in [0, 0.1) is 5.41 Å². The van der Waals surface area contributed by atoms with Gasteiger partial charge in [0.1, 0.15) is 0 Å². The fraction of sp³-hybridized carbons (Fsp3) is 0.367. The molecule has 2 aliphatic heterocycles. The van der Waals surface area contributed by atoms with E-state index < -0.39 is 11.9 Å². The lowest BCUT2D eigenvalue weighted by atomic mass is 9.68. The van der Waals surface area contributed by atoms with Crippen LogP contribution in [0.15, 0.2) is 71.3 Å². The molecule has 202 valence electrons. The molecule has 1 aromatic heterocycles. The molecular weight excluding hydrogens is 498 g/mol.